The Balaban J connectivity index is 1.56. The Morgan fingerprint density at radius 3 is 2.70 bits per heavy atom. The van der Waals surface area contributed by atoms with Crippen molar-refractivity contribution in [3.05, 3.63) is 29.3 Å². The van der Waals surface area contributed by atoms with Crippen molar-refractivity contribution in [2.75, 3.05) is 53.4 Å². The maximum atomic E-state index is 12.2. The second-order valence-electron chi connectivity index (χ2n) is 9.27. The number of carbonyl (C=O) groups excluding carboxylic acids is 1. The molecule has 1 aliphatic heterocycles. The van der Waals surface area contributed by atoms with Gasteiger partial charge in [-0.1, -0.05) is 13.0 Å². The quantitative estimate of drug-likeness (QED) is 0.488. The van der Waals surface area contributed by atoms with Gasteiger partial charge < -0.3 is 19.3 Å². The third kappa shape index (κ3) is 7.40. The minimum atomic E-state index is -3.76. The Labute approximate surface area is 199 Å². The van der Waals surface area contributed by atoms with Gasteiger partial charge in [0.25, 0.3) is 0 Å². The smallest absolute Gasteiger partial charge is 0.371 e. The highest BCUT2D eigenvalue weighted by atomic mass is 32.2. The molecule has 0 bridgehead atoms. The highest BCUT2D eigenvalue weighted by molar-refractivity contribution is 7.84. The van der Waals surface area contributed by atoms with Crippen LogP contribution in [0.1, 0.15) is 50.2 Å². The molecule has 186 valence electrons. The van der Waals surface area contributed by atoms with Crippen molar-refractivity contribution in [1.82, 2.24) is 19.4 Å². The number of aryl methyl sites for hydroxylation is 1. The average Bonchev–Trinajstić information content (AvgIpc) is 2.99. The third-order valence-corrected chi connectivity index (χ3v) is 7.90. The lowest BCUT2D eigenvalue weighted by atomic mass is 9.87. The number of hydrogen-bond acceptors (Lipinski definition) is 6. The molecule has 1 unspecified atom stereocenters. The SMILES string of the molecule is CCCN(CCCCN1CCNCCC1=O)C1CCc2ccc(OS(=O)(=O)N(C)C)cc2C1. The summed E-state index contributed by atoms with van der Waals surface area (Å²) < 4.78 is 30.5. The molecule has 1 aliphatic carbocycles. The van der Waals surface area contributed by atoms with Gasteiger partial charge in [-0.15, -0.1) is 0 Å². The minimum Gasteiger partial charge on any atom is -0.371 e. The number of hydrogen-bond donors (Lipinski definition) is 1. The fourth-order valence-electron chi connectivity index (χ4n) is 4.71. The van der Waals surface area contributed by atoms with E-state index in [2.05, 4.69) is 17.1 Å². The van der Waals surface area contributed by atoms with Gasteiger partial charge in [-0.05, 0) is 74.9 Å². The van der Waals surface area contributed by atoms with E-state index in [0.29, 0.717) is 18.2 Å². The molecule has 1 fully saturated rings. The number of benzene rings is 1. The lowest BCUT2D eigenvalue weighted by molar-refractivity contribution is -0.130. The average molecular weight is 481 g/mol. The van der Waals surface area contributed by atoms with Gasteiger partial charge in [0.15, 0.2) is 0 Å². The zero-order valence-corrected chi connectivity index (χ0v) is 21.2. The Hall–Kier alpha value is -1.68. The molecular weight excluding hydrogens is 440 g/mol. The van der Waals surface area contributed by atoms with Crippen LogP contribution in [0.25, 0.3) is 0 Å². The lowest BCUT2D eigenvalue weighted by Gasteiger charge is -2.35. The summed E-state index contributed by atoms with van der Waals surface area (Å²) in [5.74, 6) is 0.644. The molecule has 1 amide bonds. The van der Waals surface area contributed by atoms with E-state index in [9.17, 15) is 13.2 Å². The van der Waals surface area contributed by atoms with Gasteiger partial charge in [-0.3, -0.25) is 4.79 Å². The largest absolute Gasteiger partial charge is 0.384 e. The minimum absolute atomic E-state index is 0.267. The first-order valence-electron chi connectivity index (χ1n) is 12.3. The molecule has 1 atom stereocenters. The normalized spacial score (nSPS) is 19.6. The molecule has 8 nitrogen and oxygen atoms in total. The summed E-state index contributed by atoms with van der Waals surface area (Å²) in [6.07, 6.45) is 6.82. The molecule has 1 saturated heterocycles. The fraction of sp³-hybridized carbons (Fsp3) is 0.708. The van der Waals surface area contributed by atoms with Gasteiger partial charge in [0.2, 0.25) is 5.91 Å². The molecule has 9 heteroatoms. The summed E-state index contributed by atoms with van der Waals surface area (Å²) in [5.41, 5.74) is 2.46. The van der Waals surface area contributed by atoms with Crippen LogP contribution in [0.15, 0.2) is 18.2 Å². The van der Waals surface area contributed by atoms with Gasteiger partial charge in [0, 0.05) is 52.7 Å². The predicted molar refractivity (Wildman–Crippen MR) is 131 cm³/mol. The first-order chi connectivity index (χ1) is 15.8. The number of fused-ring (bicyclic) bond motifs is 1. The highest BCUT2D eigenvalue weighted by Crippen LogP contribution is 2.29. The molecule has 0 aromatic heterocycles. The van der Waals surface area contributed by atoms with Crippen LogP contribution in [0.3, 0.4) is 0 Å². The van der Waals surface area contributed by atoms with Crippen LogP contribution in [-0.2, 0) is 27.9 Å². The van der Waals surface area contributed by atoms with E-state index in [4.69, 9.17) is 4.18 Å². The topological polar surface area (TPSA) is 82.2 Å². The van der Waals surface area contributed by atoms with Crippen molar-refractivity contribution in [2.24, 2.45) is 0 Å². The molecule has 33 heavy (non-hydrogen) atoms. The van der Waals surface area contributed by atoms with Crippen molar-refractivity contribution in [1.29, 1.82) is 0 Å². The molecular formula is C24H40N4O4S. The van der Waals surface area contributed by atoms with Crippen LogP contribution in [-0.4, -0.2) is 87.8 Å². The van der Waals surface area contributed by atoms with E-state index in [-0.39, 0.29) is 5.91 Å². The van der Waals surface area contributed by atoms with E-state index < -0.39 is 10.3 Å². The molecule has 3 rings (SSSR count). The van der Waals surface area contributed by atoms with Gasteiger partial charge in [-0.25, -0.2) is 0 Å². The number of amides is 1. The molecule has 1 N–H and O–H groups in total. The summed E-state index contributed by atoms with van der Waals surface area (Å²) in [4.78, 5) is 16.8. The van der Waals surface area contributed by atoms with E-state index >= 15 is 0 Å². The maximum Gasteiger partial charge on any atom is 0.384 e. The van der Waals surface area contributed by atoms with Crippen molar-refractivity contribution in [2.45, 2.75) is 57.9 Å². The lowest BCUT2D eigenvalue weighted by Crippen LogP contribution is -2.41. The maximum absolute atomic E-state index is 12.2. The number of unbranched alkanes of at least 4 members (excludes halogenated alkanes) is 1. The molecule has 1 aromatic carbocycles. The number of carbonyl (C=O) groups is 1. The molecule has 0 spiro atoms. The number of nitrogens with one attached hydrogen (secondary N) is 1. The van der Waals surface area contributed by atoms with Crippen LogP contribution in [0.4, 0.5) is 0 Å². The summed E-state index contributed by atoms with van der Waals surface area (Å²) in [7, 11) is -0.827. The molecule has 0 radical (unpaired) electrons. The van der Waals surface area contributed by atoms with Crippen LogP contribution in [0.2, 0.25) is 0 Å². The first-order valence-corrected chi connectivity index (χ1v) is 13.6. The van der Waals surface area contributed by atoms with Crippen molar-refractivity contribution < 1.29 is 17.4 Å². The van der Waals surface area contributed by atoms with E-state index in [1.807, 2.05) is 17.0 Å². The summed E-state index contributed by atoms with van der Waals surface area (Å²) in [6, 6.07) is 6.10. The van der Waals surface area contributed by atoms with Crippen molar-refractivity contribution >= 4 is 16.2 Å². The highest BCUT2D eigenvalue weighted by Gasteiger charge is 2.25. The Morgan fingerprint density at radius 1 is 1.12 bits per heavy atom. The monoisotopic (exact) mass is 480 g/mol. The van der Waals surface area contributed by atoms with Gasteiger partial charge in [0.1, 0.15) is 5.75 Å². The second kappa shape index (κ2) is 12.1. The predicted octanol–water partition coefficient (Wildman–Crippen LogP) is 2.04. The number of nitrogens with zero attached hydrogens (tertiary/aromatic N) is 3. The summed E-state index contributed by atoms with van der Waals surface area (Å²) in [6.45, 7) is 7.62. The standard InChI is InChI=1S/C24H40N4O4S/c1-4-14-27(15-5-6-16-28-17-13-25-12-11-24(28)29)22-9-7-20-8-10-23(19-21(20)18-22)32-33(30,31)26(2)3/h8,10,19,22,25H,4-7,9,11-18H2,1-3H3. The van der Waals surface area contributed by atoms with Gasteiger partial charge in [-0.2, -0.15) is 12.7 Å². The number of rotatable bonds is 11. The van der Waals surface area contributed by atoms with Gasteiger partial charge >= 0.3 is 10.3 Å². The van der Waals surface area contributed by atoms with Crippen molar-refractivity contribution in [3.8, 4) is 5.75 Å². The van der Waals surface area contributed by atoms with E-state index in [1.54, 1.807) is 6.07 Å². The Kier molecular flexibility index (Phi) is 9.55. The van der Waals surface area contributed by atoms with Crippen LogP contribution < -0.4 is 9.50 Å². The zero-order chi connectivity index (χ0) is 23.8. The third-order valence-electron chi connectivity index (χ3n) is 6.61. The van der Waals surface area contributed by atoms with E-state index in [0.717, 1.165) is 82.1 Å². The van der Waals surface area contributed by atoms with Crippen LogP contribution in [0.5, 0.6) is 5.75 Å². The van der Waals surface area contributed by atoms with Gasteiger partial charge in [0.05, 0.1) is 0 Å². The summed E-state index contributed by atoms with van der Waals surface area (Å²) in [5, 5.41) is 3.29. The fourth-order valence-corrected chi connectivity index (χ4v) is 5.21. The second-order valence-corrected chi connectivity index (χ2v) is 11.0. The van der Waals surface area contributed by atoms with Crippen LogP contribution >= 0.6 is 0 Å². The zero-order valence-electron chi connectivity index (χ0n) is 20.4. The van der Waals surface area contributed by atoms with E-state index in [1.165, 1.54) is 25.2 Å². The molecule has 1 heterocycles. The van der Waals surface area contributed by atoms with Crippen molar-refractivity contribution in [3.63, 3.8) is 0 Å². The Morgan fingerprint density at radius 2 is 1.94 bits per heavy atom. The van der Waals surface area contributed by atoms with Crippen LogP contribution in [0, 0.1) is 0 Å². The summed E-state index contributed by atoms with van der Waals surface area (Å²) >= 11 is 0. The molecule has 2 aliphatic rings. The Bertz CT molecular complexity index is 890. The molecule has 0 saturated carbocycles. The molecule has 1 aromatic rings. The first kappa shape index (κ1) is 25.9.